The van der Waals surface area contributed by atoms with Crippen molar-refractivity contribution in [2.45, 2.75) is 20.8 Å². The first-order valence-corrected chi connectivity index (χ1v) is 6.45. The Morgan fingerprint density at radius 2 is 2.05 bits per heavy atom. The predicted octanol–water partition coefficient (Wildman–Crippen LogP) is 0.691. The van der Waals surface area contributed by atoms with E-state index in [-0.39, 0.29) is 6.61 Å². The topological polar surface area (TPSA) is 85.1 Å². The summed E-state index contributed by atoms with van der Waals surface area (Å²) in [5.74, 6) is 0.533. The quantitative estimate of drug-likeness (QED) is 0.753. The molecular weight excluding hydrogens is 242 g/mol. The molecule has 0 atom stereocenters. The Morgan fingerprint density at radius 3 is 2.63 bits per heavy atom. The van der Waals surface area contributed by atoms with E-state index < -0.39 is 0 Å². The van der Waals surface area contributed by atoms with E-state index in [2.05, 4.69) is 26.5 Å². The molecule has 1 aromatic rings. The number of hydrogen-bond acceptors (Lipinski definition) is 6. The van der Waals surface area contributed by atoms with E-state index in [1.165, 1.54) is 0 Å². The maximum Gasteiger partial charge on any atom is 0.166 e. The average molecular weight is 263 g/mol. The first-order valence-electron chi connectivity index (χ1n) is 6.45. The van der Waals surface area contributed by atoms with Gasteiger partial charge in [0.15, 0.2) is 5.82 Å². The fraction of sp³-hybridized carbons (Fsp3) is 0.615. The van der Waals surface area contributed by atoms with Gasteiger partial charge in [0.05, 0.1) is 12.3 Å². The number of aliphatic hydroxyl groups excluding tert-OH is 1. The third-order valence-electron chi connectivity index (χ3n) is 3.15. The zero-order valence-corrected chi connectivity index (χ0v) is 11.8. The number of nitriles is 1. The highest BCUT2D eigenvalue weighted by molar-refractivity contribution is 5.55. The van der Waals surface area contributed by atoms with Crippen LogP contribution < -0.4 is 5.32 Å². The summed E-state index contributed by atoms with van der Waals surface area (Å²) in [4.78, 5) is 2.12. The van der Waals surface area contributed by atoms with Crippen molar-refractivity contribution in [2.24, 2.45) is 0 Å². The van der Waals surface area contributed by atoms with Gasteiger partial charge in [-0.25, -0.2) is 0 Å². The normalized spacial score (nSPS) is 10.5. The van der Waals surface area contributed by atoms with Gasteiger partial charge >= 0.3 is 0 Å². The van der Waals surface area contributed by atoms with E-state index in [1.807, 2.05) is 20.8 Å². The maximum absolute atomic E-state index is 9.16. The molecule has 19 heavy (non-hydrogen) atoms. The number of likely N-dealkylation sites (N-methyl/N-ethyl adjacent to an activating group) is 1. The summed E-state index contributed by atoms with van der Waals surface area (Å²) in [5.41, 5.74) is 2.19. The lowest BCUT2D eigenvalue weighted by molar-refractivity contribution is 0.206. The van der Waals surface area contributed by atoms with Crippen molar-refractivity contribution in [3.05, 3.63) is 16.8 Å². The molecule has 0 fully saturated rings. The Bertz CT molecular complexity index is 455. The van der Waals surface area contributed by atoms with Crippen LogP contribution in [-0.2, 0) is 0 Å². The van der Waals surface area contributed by atoms with E-state index in [0.29, 0.717) is 24.5 Å². The molecule has 6 nitrogen and oxygen atoms in total. The van der Waals surface area contributed by atoms with Crippen LogP contribution in [0.5, 0.6) is 0 Å². The van der Waals surface area contributed by atoms with Gasteiger partial charge in [0, 0.05) is 19.6 Å². The van der Waals surface area contributed by atoms with E-state index in [9.17, 15) is 0 Å². The number of aryl methyl sites for hydroxylation is 1. The molecule has 0 aliphatic carbocycles. The van der Waals surface area contributed by atoms with Crippen LogP contribution in [-0.4, -0.2) is 53.0 Å². The summed E-state index contributed by atoms with van der Waals surface area (Å²) in [6.07, 6.45) is 0. The molecule has 1 heterocycles. The number of rotatable bonds is 7. The van der Waals surface area contributed by atoms with Gasteiger partial charge in [-0.2, -0.15) is 10.4 Å². The molecule has 1 rings (SSSR count). The minimum atomic E-state index is 0.154. The van der Waals surface area contributed by atoms with Gasteiger partial charge in [-0.3, -0.25) is 4.90 Å². The average Bonchev–Trinajstić information content (AvgIpc) is 2.42. The molecule has 0 amide bonds. The highest BCUT2D eigenvalue weighted by atomic mass is 16.3. The van der Waals surface area contributed by atoms with Gasteiger partial charge in [-0.05, 0) is 26.0 Å². The van der Waals surface area contributed by atoms with Crippen molar-refractivity contribution in [3.8, 4) is 6.07 Å². The summed E-state index contributed by atoms with van der Waals surface area (Å²) >= 11 is 0. The minimum Gasteiger partial charge on any atom is -0.395 e. The van der Waals surface area contributed by atoms with Crippen molar-refractivity contribution >= 4 is 5.82 Å². The summed E-state index contributed by atoms with van der Waals surface area (Å²) in [6.45, 7) is 8.90. The molecule has 0 bridgehead atoms. The predicted molar refractivity (Wildman–Crippen MR) is 73.9 cm³/mol. The highest BCUT2D eigenvalue weighted by Gasteiger charge is 2.10. The Labute approximate surface area is 114 Å². The lowest BCUT2D eigenvalue weighted by Gasteiger charge is -2.19. The van der Waals surface area contributed by atoms with Crippen molar-refractivity contribution in [2.75, 3.05) is 38.1 Å². The Morgan fingerprint density at radius 1 is 1.32 bits per heavy atom. The molecule has 0 saturated carbocycles. The zero-order valence-electron chi connectivity index (χ0n) is 11.8. The van der Waals surface area contributed by atoms with Gasteiger partial charge < -0.3 is 10.4 Å². The molecule has 0 aliphatic rings. The van der Waals surface area contributed by atoms with Crippen LogP contribution in [0.25, 0.3) is 0 Å². The standard InChI is InChI=1S/C13H21N5O/c1-4-18(7-8-19)6-5-15-13-12(9-14)10(2)11(3)16-17-13/h19H,4-8H2,1-3H3,(H,15,17). The molecule has 0 unspecified atom stereocenters. The monoisotopic (exact) mass is 263 g/mol. The first kappa shape index (κ1) is 15.3. The van der Waals surface area contributed by atoms with Crippen LogP contribution >= 0.6 is 0 Å². The van der Waals surface area contributed by atoms with E-state index in [0.717, 1.165) is 24.3 Å². The number of nitrogens with one attached hydrogen (secondary N) is 1. The van der Waals surface area contributed by atoms with Crippen LogP contribution in [0.3, 0.4) is 0 Å². The van der Waals surface area contributed by atoms with Crippen molar-refractivity contribution < 1.29 is 5.11 Å². The van der Waals surface area contributed by atoms with E-state index in [1.54, 1.807) is 0 Å². The Balaban J connectivity index is 2.64. The lowest BCUT2D eigenvalue weighted by atomic mass is 10.1. The molecule has 6 heteroatoms. The van der Waals surface area contributed by atoms with Crippen molar-refractivity contribution in [1.29, 1.82) is 5.26 Å². The number of anilines is 1. The van der Waals surface area contributed by atoms with Crippen LogP contribution in [0.1, 0.15) is 23.7 Å². The SMILES string of the molecule is CCN(CCO)CCNc1nnc(C)c(C)c1C#N. The molecular formula is C13H21N5O. The lowest BCUT2D eigenvalue weighted by Crippen LogP contribution is -2.31. The van der Waals surface area contributed by atoms with Gasteiger partial charge in [-0.1, -0.05) is 6.92 Å². The molecule has 0 spiro atoms. The Kier molecular flexibility index (Phi) is 6.19. The molecule has 0 aliphatic heterocycles. The first-order chi connectivity index (χ1) is 9.13. The van der Waals surface area contributed by atoms with Gasteiger partial charge in [0.25, 0.3) is 0 Å². The third-order valence-corrected chi connectivity index (χ3v) is 3.15. The van der Waals surface area contributed by atoms with Gasteiger partial charge in [0.1, 0.15) is 11.6 Å². The summed E-state index contributed by atoms with van der Waals surface area (Å²) in [6, 6.07) is 2.16. The zero-order chi connectivity index (χ0) is 14.3. The summed E-state index contributed by atoms with van der Waals surface area (Å²) < 4.78 is 0. The molecule has 1 aromatic heterocycles. The largest absolute Gasteiger partial charge is 0.395 e. The highest BCUT2D eigenvalue weighted by Crippen LogP contribution is 2.16. The van der Waals surface area contributed by atoms with Crippen LogP contribution in [0.4, 0.5) is 5.82 Å². The van der Waals surface area contributed by atoms with Crippen LogP contribution in [0.15, 0.2) is 0 Å². The second-order valence-corrected chi connectivity index (χ2v) is 4.33. The maximum atomic E-state index is 9.16. The number of aromatic nitrogens is 2. The molecule has 104 valence electrons. The third kappa shape index (κ3) is 4.16. The second-order valence-electron chi connectivity index (χ2n) is 4.33. The smallest absolute Gasteiger partial charge is 0.166 e. The molecule has 0 aromatic carbocycles. The molecule has 2 N–H and O–H groups in total. The van der Waals surface area contributed by atoms with Crippen LogP contribution in [0.2, 0.25) is 0 Å². The number of aliphatic hydroxyl groups is 1. The summed E-state index contributed by atoms with van der Waals surface area (Å²) in [7, 11) is 0. The number of hydrogen-bond donors (Lipinski definition) is 2. The van der Waals surface area contributed by atoms with Crippen molar-refractivity contribution in [3.63, 3.8) is 0 Å². The number of nitrogens with zero attached hydrogens (tertiary/aromatic N) is 4. The van der Waals surface area contributed by atoms with Gasteiger partial charge in [0.2, 0.25) is 0 Å². The van der Waals surface area contributed by atoms with Crippen LogP contribution in [0, 0.1) is 25.2 Å². The van der Waals surface area contributed by atoms with E-state index >= 15 is 0 Å². The van der Waals surface area contributed by atoms with E-state index in [4.69, 9.17) is 10.4 Å². The molecule has 0 saturated heterocycles. The fourth-order valence-electron chi connectivity index (χ4n) is 1.77. The second kappa shape index (κ2) is 7.67. The summed E-state index contributed by atoms with van der Waals surface area (Å²) in [5, 5.41) is 29.3. The Hall–Kier alpha value is -1.71. The minimum absolute atomic E-state index is 0.154. The molecule has 0 radical (unpaired) electrons. The van der Waals surface area contributed by atoms with Crippen molar-refractivity contribution in [1.82, 2.24) is 15.1 Å². The van der Waals surface area contributed by atoms with Gasteiger partial charge in [-0.15, -0.1) is 5.10 Å². The fourth-order valence-corrected chi connectivity index (χ4v) is 1.77.